The standard InChI is InChI=1S/C9H15NO4/c1-9(2,13)7-5(10-8(7)12)4-6(11)14-3/h5,7,13H,4H2,1-3H3,(H,10,12)/t5-,7+/m0/s1. The molecule has 0 aromatic heterocycles. The Bertz CT molecular complexity index is 256. The number of rotatable bonds is 3. The van der Waals surface area contributed by atoms with Crippen LogP contribution in [0.15, 0.2) is 0 Å². The predicted molar refractivity (Wildman–Crippen MR) is 48.4 cm³/mol. The van der Waals surface area contributed by atoms with Gasteiger partial charge in [0.25, 0.3) is 0 Å². The fourth-order valence-corrected chi connectivity index (χ4v) is 1.69. The highest BCUT2D eigenvalue weighted by molar-refractivity contribution is 5.88. The minimum atomic E-state index is -1.10. The zero-order chi connectivity index (χ0) is 10.9. The van der Waals surface area contributed by atoms with Crippen LogP contribution in [0, 0.1) is 5.92 Å². The van der Waals surface area contributed by atoms with Crippen molar-refractivity contribution in [2.45, 2.75) is 31.9 Å². The van der Waals surface area contributed by atoms with Gasteiger partial charge in [0.1, 0.15) is 0 Å². The number of ether oxygens (including phenoxy) is 1. The molecule has 14 heavy (non-hydrogen) atoms. The molecule has 1 heterocycles. The SMILES string of the molecule is COC(=O)C[C@@H]1NC(=O)[C@@H]1C(C)(C)O. The van der Waals surface area contributed by atoms with Crippen LogP contribution < -0.4 is 5.32 Å². The Kier molecular flexibility index (Phi) is 2.80. The predicted octanol–water partition coefficient (Wildman–Crippen LogP) is -0.565. The monoisotopic (exact) mass is 201 g/mol. The van der Waals surface area contributed by atoms with Gasteiger partial charge >= 0.3 is 5.97 Å². The molecule has 1 saturated heterocycles. The summed E-state index contributed by atoms with van der Waals surface area (Å²) in [5.74, 6) is -1.13. The van der Waals surface area contributed by atoms with Gasteiger partial charge in [-0.1, -0.05) is 0 Å². The van der Waals surface area contributed by atoms with E-state index in [1.165, 1.54) is 7.11 Å². The lowest BCUT2D eigenvalue weighted by Crippen LogP contribution is -2.65. The average Bonchev–Trinajstić information content (AvgIpc) is 1.99. The highest BCUT2D eigenvalue weighted by Crippen LogP contribution is 2.29. The molecule has 5 nitrogen and oxygen atoms in total. The van der Waals surface area contributed by atoms with Gasteiger partial charge in [-0.2, -0.15) is 0 Å². The van der Waals surface area contributed by atoms with Crippen LogP contribution in [0.3, 0.4) is 0 Å². The first kappa shape index (κ1) is 11.0. The van der Waals surface area contributed by atoms with Crippen molar-refractivity contribution in [1.29, 1.82) is 0 Å². The quantitative estimate of drug-likeness (QED) is 0.474. The van der Waals surface area contributed by atoms with E-state index in [1.54, 1.807) is 13.8 Å². The average molecular weight is 201 g/mol. The summed E-state index contributed by atoms with van der Waals surface area (Å²) in [7, 11) is 1.29. The normalized spacial score (nSPS) is 26.4. The van der Waals surface area contributed by atoms with Crippen molar-refractivity contribution in [3.05, 3.63) is 0 Å². The molecule has 80 valence electrons. The number of hydrogen-bond acceptors (Lipinski definition) is 4. The minimum absolute atomic E-state index is 0.108. The second kappa shape index (κ2) is 3.57. The maximum atomic E-state index is 11.1. The van der Waals surface area contributed by atoms with Crippen LogP contribution in [0.2, 0.25) is 0 Å². The lowest BCUT2D eigenvalue weighted by atomic mass is 9.77. The van der Waals surface area contributed by atoms with Crippen molar-refractivity contribution in [3.63, 3.8) is 0 Å². The van der Waals surface area contributed by atoms with Gasteiger partial charge in [0, 0.05) is 0 Å². The third kappa shape index (κ3) is 2.04. The largest absolute Gasteiger partial charge is 0.469 e. The molecule has 1 amide bonds. The Morgan fingerprint density at radius 1 is 1.64 bits per heavy atom. The van der Waals surface area contributed by atoms with E-state index < -0.39 is 11.5 Å². The molecule has 0 radical (unpaired) electrons. The molecule has 0 aliphatic carbocycles. The third-order valence-electron chi connectivity index (χ3n) is 2.39. The van der Waals surface area contributed by atoms with Crippen molar-refractivity contribution in [2.75, 3.05) is 7.11 Å². The van der Waals surface area contributed by atoms with E-state index in [4.69, 9.17) is 0 Å². The van der Waals surface area contributed by atoms with Crippen LogP contribution in [0.4, 0.5) is 0 Å². The molecule has 2 atom stereocenters. The smallest absolute Gasteiger partial charge is 0.307 e. The molecule has 1 rings (SSSR count). The summed E-state index contributed by atoms with van der Waals surface area (Å²) in [4.78, 5) is 22.1. The molecular weight excluding hydrogens is 186 g/mol. The second-order valence-corrected chi connectivity index (χ2v) is 4.03. The molecule has 1 aliphatic heterocycles. The Labute approximate surface area is 82.4 Å². The fourth-order valence-electron chi connectivity index (χ4n) is 1.69. The molecule has 5 heteroatoms. The van der Waals surface area contributed by atoms with Crippen LogP contribution in [0.1, 0.15) is 20.3 Å². The molecule has 0 saturated carbocycles. The number of amides is 1. The van der Waals surface area contributed by atoms with E-state index in [0.29, 0.717) is 0 Å². The molecule has 1 fully saturated rings. The molecule has 0 spiro atoms. The van der Waals surface area contributed by atoms with E-state index in [2.05, 4.69) is 10.1 Å². The summed E-state index contributed by atoms with van der Waals surface area (Å²) >= 11 is 0. The molecule has 2 N–H and O–H groups in total. The first-order chi connectivity index (χ1) is 6.36. The van der Waals surface area contributed by atoms with E-state index in [9.17, 15) is 14.7 Å². The third-order valence-corrected chi connectivity index (χ3v) is 2.39. The summed E-state index contributed by atoms with van der Waals surface area (Å²) in [5.41, 5.74) is -1.10. The van der Waals surface area contributed by atoms with Gasteiger partial charge in [0.2, 0.25) is 5.91 Å². The highest BCUT2D eigenvalue weighted by Gasteiger charge is 2.48. The number of esters is 1. The summed E-state index contributed by atoms with van der Waals surface area (Å²) in [6.07, 6.45) is 0.108. The van der Waals surface area contributed by atoms with Gasteiger partial charge in [-0.3, -0.25) is 9.59 Å². The van der Waals surface area contributed by atoms with Crippen molar-refractivity contribution in [2.24, 2.45) is 5.92 Å². The Morgan fingerprint density at radius 2 is 2.21 bits per heavy atom. The number of aliphatic hydroxyl groups is 1. The van der Waals surface area contributed by atoms with Crippen LogP contribution in [-0.2, 0) is 14.3 Å². The van der Waals surface area contributed by atoms with Gasteiger partial charge in [-0.15, -0.1) is 0 Å². The number of carbonyl (C=O) groups excluding carboxylic acids is 2. The number of hydrogen-bond donors (Lipinski definition) is 2. The van der Waals surface area contributed by atoms with Crippen LogP contribution in [-0.4, -0.2) is 35.7 Å². The first-order valence-corrected chi connectivity index (χ1v) is 4.46. The number of methoxy groups -OCH3 is 1. The lowest BCUT2D eigenvalue weighted by molar-refractivity contribution is -0.153. The van der Waals surface area contributed by atoms with Crippen LogP contribution in [0.5, 0.6) is 0 Å². The second-order valence-electron chi connectivity index (χ2n) is 4.03. The Morgan fingerprint density at radius 3 is 2.57 bits per heavy atom. The van der Waals surface area contributed by atoms with E-state index in [0.717, 1.165) is 0 Å². The minimum Gasteiger partial charge on any atom is -0.469 e. The van der Waals surface area contributed by atoms with Gasteiger partial charge in [0.05, 0.1) is 31.1 Å². The Balaban J connectivity index is 2.58. The number of nitrogens with one attached hydrogen (secondary N) is 1. The Hall–Kier alpha value is -1.10. The molecule has 1 aliphatic rings. The fraction of sp³-hybridized carbons (Fsp3) is 0.778. The molecule has 0 unspecified atom stereocenters. The first-order valence-electron chi connectivity index (χ1n) is 4.46. The number of carbonyl (C=O) groups is 2. The zero-order valence-corrected chi connectivity index (χ0v) is 8.53. The summed E-state index contributed by atoms with van der Waals surface area (Å²) < 4.78 is 4.48. The maximum absolute atomic E-state index is 11.1. The van der Waals surface area contributed by atoms with Crippen molar-refractivity contribution in [3.8, 4) is 0 Å². The molecule has 0 aromatic carbocycles. The van der Waals surface area contributed by atoms with Crippen molar-refractivity contribution >= 4 is 11.9 Å². The summed E-state index contributed by atoms with van der Waals surface area (Å²) in [5, 5.41) is 12.2. The van der Waals surface area contributed by atoms with Crippen molar-refractivity contribution in [1.82, 2.24) is 5.32 Å². The van der Waals surface area contributed by atoms with Crippen LogP contribution in [0.25, 0.3) is 0 Å². The lowest BCUT2D eigenvalue weighted by Gasteiger charge is -2.42. The molecule has 0 aromatic rings. The van der Waals surface area contributed by atoms with E-state index >= 15 is 0 Å². The molecular formula is C9H15NO4. The summed E-state index contributed by atoms with van der Waals surface area (Å²) in [6.45, 7) is 3.11. The topological polar surface area (TPSA) is 75.6 Å². The zero-order valence-electron chi connectivity index (χ0n) is 8.53. The van der Waals surface area contributed by atoms with Crippen LogP contribution >= 0.6 is 0 Å². The van der Waals surface area contributed by atoms with Gasteiger partial charge in [-0.05, 0) is 13.8 Å². The maximum Gasteiger partial charge on any atom is 0.307 e. The number of β-lactam (4-membered cyclic amide) rings is 1. The van der Waals surface area contributed by atoms with Gasteiger partial charge < -0.3 is 15.2 Å². The van der Waals surface area contributed by atoms with E-state index in [-0.39, 0.29) is 24.3 Å². The van der Waals surface area contributed by atoms with Gasteiger partial charge in [0.15, 0.2) is 0 Å². The van der Waals surface area contributed by atoms with E-state index in [1.807, 2.05) is 0 Å². The van der Waals surface area contributed by atoms with Crippen molar-refractivity contribution < 1.29 is 19.4 Å². The van der Waals surface area contributed by atoms with Gasteiger partial charge in [-0.25, -0.2) is 0 Å². The molecule has 0 bridgehead atoms. The highest BCUT2D eigenvalue weighted by atomic mass is 16.5. The summed E-state index contributed by atoms with van der Waals surface area (Å²) in [6, 6.07) is -0.310.